The summed E-state index contributed by atoms with van der Waals surface area (Å²) < 4.78 is 13.8. The van der Waals surface area contributed by atoms with Crippen LogP contribution in [-0.4, -0.2) is 5.78 Å². The summed E-state index contributed by atoms with van der Waals surface area (Å²) in [5, 5.41) is -0.786. The zero-order chi connectivity index (χ0) is 13.1. The number of Topliss-reactive ketones (excluding diaryl/α,β-unsaturated/α-hetero) is 1. The molecule has 0 aliphatic heterocycles. The summed E-state index contributed by atoms with van der Waals surface area (Å²) in [5.41, 5.74) is 1.15. The van der Waals surface area contributed by atoms with Gasteiger partial charge in [0, 0.05) is 9.13 Å². The van der Waals surface area contributed by atoms with Crippen LogP contribution in [0.15, 0.2) is 48.5 Å². The number of ketones is 1. The molecule has 0 saturated carbocycles. The van der Waals surface area contributed by atoms with E-state index in [0.717, 1.165) is 3.57 Å². The van der Waals surface area contributed by atoms with E-state index in [4.69, 9.17) is 11.6 Å². The fourth-order valence-corrected chi connectivity index (χ4v) is 2.17. The summed E-state index contributed by atoms with van der Waals surface area (Å²) in [4.78, 5) is 12.1. The average molecular weight is 375 g/mol. The first-order valence-corrected chi connectivity index (χ1v) is 6.79. The van der Waals surface area contributed by atoms with E-state index in [0.29, 0.717) is 11.1 Å². The van der Waals surface area contributed by atoms with E-state index < -0.39 is 5.38 Å². The Kier molecular flexibility index (Phi) is 4.35. The van der Waals surface area contributed by atoms with Crippen molar-refractivity contribution >= 4 is 40.0 Å². The molecule has 2 aromatic carbocycles. The second kappa shape index (κ2) is 5.80. The summed E-state index contributed by atoms with van der Waals surface area (Å²) in [7, 11) is 0. The number of rotatable bonds is 3. The molecule has 2 rings (SSSR count). The van der Waals surface area contributed by atoms with Crippen LogP contribution >= 0.6 is 34.2 Å². The summed E-state index contributed by atoms with van der Waals surface area (Å²) in [6, 6.07) is 12.8. The maximum Gasteiger partial charge on any atom is 0.185 e. The predicted molar refractivity (Wildman–Crippen MR) is 78.5 cm³/mol. The first-order valence-electron chi connectivity index (χ1n) is 5.27. The highest BCUT2D eigenvalue weighted by Crippen LogP contribution is 2.25. The fraction of sp³-hybridized carbons (Fsp3) is 0.0714. The van der Waals surface area contributed by atoms with Gasteiger partial charge in [-0.3, -0.25) is 4.79 Å². The fourth-order valence-electron chi connectivity index (χ4n) is 1.54. The molecule has 0 aliphatic rings. The highest BCUT2D eigenvalue weighted by molar-refractivity contribution is 14.1. The molecular formula is C14H9ClFIO. The van der Waals surface area contributed by atoms with Crippen LogP contribution in [0.4, 0.5) is 4.39 Å². The molecule has 0 saturated heterocycles. The third kappa shape index (κ3) is 3.09. The topological polar surface area (TPSA) is 17.1 Å². The number of benzene rings is 2. The molecule has 0 amide bonds. The predicted octanol–water partition coefficient (Wildman–Crippen LogP) is 4.59. The molecule has 0 aliphatic carbocycles. The lowest BCUT2D eigenvalue weighted by Crippen LogP contribution is -2.07. The summed E-state index contributed by atoms with van der Waals surface area (Å²) in [5.74, 6) is -0.524. The van der Waals surface area contributed by atoms with Crippen LogP contribution in [0.5, 0.6) is 0 Å². The Balaban J connectivity index is 2.23. The Labute approximate surface area is 123 Å². The Morgan fingerprint density at radius 3 is 2.17 bits per heavy atom. The van der Waals surface area contributed by atoms with Crippen LogP contribution in [0.2, 0.25) is 0 Å². The smallest absolute Gasteiger partial charge is 0.185 e. The third-order valence-electron chi connectivity index (χ3n) is 2.52. The largest absolute Gasteiger partial charge is 0.292 e. The Morgan fingerprint density at radius 1 is 1.06 bits per heavy atom. The van der Waals surface area contributed by atoms with E-state index >= 15 is 0 Å². The van der Waals surface area contributed by atoms with Crippen molar-refractivity contribution in [1.82, 2.24) is 0 Å². The Hall–Kier alpha value is -0.940. The molecule has 92 valence electrons. The number of alkyl halides is 1. The first-order chi connectivity index (χ1) is 8.58. The van der Waals surface area contributed by atoms with E-state index in [1.54, 1.807) is 12.1 Å². The monoisotopic (exact) mass is 374 g/mol. The molecule has 0 spiro atoms. The molecule has 0 bridgehead atoms. The van der Waals surface area contributed by atoms with Crippen LogP contribution in [0.3, 0.4) is 0 Å². The molecule has 0 fully saturated rings. The maximum atomic E-state index is 12.8. The zero-order valence-corrected chi connectivity index (χ0v) is 12.2. The van der Waals surface area contributed by atoms with Crippen molar-refractivity contribution in [2.45, 2.75) is 5.38 Å². The van der Waals surface area contributed by atoms with Crippen LogP contribution < -0.4 is 0 Å². The number of carbonyl (C=O) groups is 1. The van der Waals surface area contributed by atoms with Crippen molar-refractivity contribution in [2.75, 3.05) is 0 Å². The van der Waals surface area contributed by atoms with Gasteiger partial charge in [-0.15, -0.1) is 11.6 Å². The summed E-state index contributed by atoms with van der Waals surface area (Å²) in [6.07, 6.45) is 0. The van der Waals surface area contributed by atoms with Crippen LogP contribution in [0, 0.1) is 9.39 Å². The lowest BCUT2D eigenvalue weighted by Gasteiger charge is -2.09. The summed E-state index contributed by atoms with van der Waals surface area (Å²) >= 11 is 8.28. The quantitative estimate of drug-likeness (QED) is 0.436. The first kappa shape index (κ1) is 13.5. The zero-order valence-electron chi connectivity index (χ0n) is 9.24. The second-order valence-corrected chi connectivity index (χ2v) is 5.47. The number of halogens is 3. The number of hydrogen-bond acceptors (Lipinski definition) is 1. The van der Waals surface area contributed by atoms with E-state index in [1.807, 2.05) is 12.1 Å². The third-order valence-corrected chi connectivity index (χ3v) is 3.69. The van der Waals surface area contributed by atoms with E-state index in [1.165, 1.54) is 24.3 Å². The Morgan fingerprint density at radius 2 is 1.61 bits per heavy atom. The van der Waals surface area contributed by atoms with E-state index in [-0.39, 0.29) is 11.6 Å². The molecule has 0 radical (unpaired) electrons. The molecule has 0 N–H and O–H groups in total. The van der Waals surface area contributed by atoms with Gasteiger partial charge in [-0.25, -0.2) is 4.39 Å². The van der Waals surface area contributed by atoms with Crippen molar-refractivity contribution in [3.05, 3.63) is 69.0 Å². The minimum atomic E-state index is -0.786. The molecule has 2 aromatic rings. The maximum absolute atomic E-state index is 12.8. The van der Waals surface area contributed by atoms with Gasteiger partial charge in [-0.2, -0.15) is 0 Å². The van der Waals surface area contributed by atoms with E-state index in [2.05, 4.69) is 22.6 Å². The van der Waals surface area contributed by atoms with Crippen molar-refractivity contribution in [2.24, 2.45) is 0 Å². The molecule has 18 heavy (non-hydrogen) atoms. The molecule has 0 heterocycles. The molecular weight excluding hydrogens is 366 g/mol. The van der Waals surface area contributed by atoms with Gasteiger partial charge in [0.1, 0.15) is 11.2 Å². The molecule has 1 nitrogen and oxygen atoms in total. The van der Waals surface area contributed by atoms with Gasteiger partial charge in [-0.1, -0.05) is 24.3 Å². The lowest BCUT2D eigenvalue weighted by atomic mass is 10.0. The molecule has 4 heteroatoms. The van der Waals surface area contributed by atoms with Gasteiger partial charge >= 0.3 is 0 Å². The highest BCUT2D eigenvalue weighted by Gasteiger charge is 2.19. The second-order valence-electron chi connectivity index (χ2n) is 3.79. The van der Waals surface area contributed by atoms with Crippen LogP contribution in [0.1, 0.15) is 21.3 Å². The average Bonchev–Trinajstić information content (AvgIpc) is 2.39. The van der Waals surface area contributed by atoms with Gasteiger partial charge in [-0.05, 0) is 52.4 Å². The van der Waals surface area contributed by atoms with Gasteiger partial charge < -0.3 is 0 Å². The van der Waals surface area contributed by atoms with Crippen LogP contribution in [0.25, 0.3) is 0 Å². The van der Waals surface area contributed by atoms with Crippen LogP contribution in [-0.2, 0) is 0 Å². The molecule has 1 atom stereocenters. The standard InChI is InChI=1S/C14H9ClFIO/c15-13(9-1-5-11(16)6-2-9)14(18)10-3-7-12(17)8-4-10/h1-8,13H. The van der Waals surface area contributed by atoms with Gasteiger partial charge in [0.25, 0.3) is 0 Å². The van der Waals surface area contributed by atoms with E-state index in [9.17, 15) is 9.18 Å². The number of carbonyl (C=O) groups excluding carboxylic acids is 1. The minimum Gasteiger partial charge on any atom is -0.292 e. The molecule has 1 unspecified atom stereocenters. The van der Waals surface area contributed by atoms with Crippen molar-refractivity contribution in [1.29, 1.82) is 0 Å². The SMILES string of the molecule is O=C(c1ccc(I)cc1)C(Cl)c1ccc(F)cc1. The van der Waals surface area contributed by atoms with Gasteiger partial charge in [0.15, 0.2) is 5.78 Å². The minimum absolute atomic E-state index is 0.181. The van der Waals surface area contributed by atoms with Crippen molar-refractivity contribution in [3.8, 4) is 0 Å². The highest BCUT2D eigenvalue weighted by atomic mass is 127. The normalized spacial score (nSPS) is 12.2. The Bertz CT molecular complexity index is 551. The molecule has 0 aromatic heterocycles. The van der Waals surface area contributed by atoms with Crippen molar-refractivity contribution in [3.63, 3.8) is 0 Å². The lowest BCUT2D eigenvalue weighted by molar-refractivity contribution is 0.0987. The van der Waals surface area contributed by atoms with Gasteiger partial charge in [0.2, 0.25) is 0 Å². The number of hydrogen-bond donors (Lipinski definition) is 0. The summed E-state index contributed by atoms with van der Waals surface area (Å²) in [6.45, 7) is 0. The van der Waals surface area contributed by atoms with Crippen molar-refractivity contribution < 1.29 is 9.18 Å². The van der Waals surface area contributed by atoms with Gasteiger partial charge in [0.05, 0.1) is 0 Å².